The lowest BCUT2D eigenvalue weighted by atomic mass is 9.87. The Labute approximate surface area is 157 Å². The average Bonchev–Trinajstić information content (AvgIpc) is 2.62. The van der Waals surface area contributed by atoms with E-state index in [1.54, 1.807) is 0 Å². The molecule has 5 nitrogen and oxygen atoms in total. The molecule has 2 rings (SSSR count). The van der Waals surface area contributed by atoms with Gasteiger partial charge >= 0.3 is 5.97 Å². The summed E-state index contributed by atoms with van der Waals surface area (Å²) in [5.41, 5.74) is 5.53. The molecule has 1 aliphatic heterocycles. The van der Waals surface area contributed by atoms with Crippen LogP contribution in [0.15, 0.2) is 43.5 Å². The highest BCUT2D eigenvalue weighted by atomic mass is 16.6. The number of rotatable bonds is 5. The fourth-order valence-electron chi connectivity index (χ4n) is 2.83. The fraction of sp³-hybridized carbons (Fsp3) is 0.524. The topological polar surface area (TPSA) is 72.6 Å². The molecule has 0 radical (unpaired) electrons. The molecule has 1 heterocycles. The van der Waals surface area contributed by atoms with Crippen molar-refractivity contribution in [3.8, 4) is 0 Å². The second kappa shape index (κ2) is 9.64. The molecule has 1 atom stereocenters. The van der Waals surface area contributed by atoms with E-state index in [-0.39, 0.29) is 0 Å². The van der Waals surface area contributed by atoms with Gasteiger partial charge in [-0.3, -0.25) is 4.79 Å². The van der Waals surface area contributed by atoms with Gasteiger partial charge in [-0.25, -0.2) is 4.79 Å². The van der Waals surface area contributed by atoms with Crippen LogP contribution >= 0.6 is 0 Å². The molecule has 1 aliphatic rings. The summed E-state index contributed by atoms with van der Waals surface area (Å²) in [4.78, 5) is 26.3. The minimum Gasteiger partial charge on any atom is -0.458 e. The molecular formula is C21H32N2O3. The quantitative estimate of drug-likeness (QED) is 0.645. The van der Waals surface area contributed by atoms with Crippen molar-refractivity contribution < 1.29 is 14.3 Å². The van der Waals surface area contributed by atoms with E-state index in [9.17, 15) is 9.59 Å². The van der Waals surface area contributed by atoms with Gasteiger partial charge in [0.25, 0.3) is 0 Å². The molecule has 0 saturated carbocycles. The first-order chi connectivity index (χ1) is 12.2. The minimum absolute atomic E-state index is 0.306. The van der Waals surface area contributed by atoms with Crippen LogP contribution in [-0.4, -0.2) is 41.9 Å². The zero-order valence-electron chi connectivity index (χ0n) is 16.3. The predicted molar refractivity (Wildman–Crippen MR) is 105 cm³/mol. The molecule has 144 valence electrons. The van der Waals surface area contributed by atoms with Crippen molar-refractivity contribution in [3.05, 3.63) is 49.1 Å². The normalized spacial score (nSPS) is 17.6. The van der Waals surface area contributed by atoms with Crippen LogP contribution in [0.4, 0.5) is 0 Å². The highest BCUT2D eigenvalue weighted by Crippen LogP contribution is 2.27. The molecule has 1 unspecified atom stereocenters. The Morgan fingerprint density at radius 2 is 1.69 bits per heavy atom. The number of nitrogens with two attached hydrogens (primary N) is 1. The van der Waals surface area contributed by atoms with E-state index in [4.69, 9.17) is 10.5 Å². The highest BCUT2D eigenvalue weighted by Gasteiger charge is 2.39. The summed E-state index contributed by atoms with van der Waals surface area (Å²) in [6, 6.07) is 9.38. The van der Waals surface area contributed by atoms with Crippen LogP contribution in [0, 0.1) is 0 Å². The number of ketones is 1. The van der Waals surface area contributed by atoms with Gasteiger partial charge in [-0.15, -0.1) is 13.2 Å². The zero-order chi connectivity index (χ0) is 19.8. The first kappa shape index (κ1) is 22.1. The molecule has 0 aromatic heterocycles. The van der Waals surface area contributed by atoms with Crippen LogP contribution in [0.2, 0.25) is 0 Å². The van der Waals surface area contributed by atoms with Crippen molar-refractivity contribution in [2.45, 2.75) is 51.2 Å². The molecule has 0 spiro atoms. The van der Waals surface area contributed by atoms with Gasteiger partial charge in [0.15, 0.2) is 0 Å². The third-order valence-corrected chi connectivity index (χ3v) is 4.29. The third kappa shape index (κ3) is 6.39. The minimum atomic E-state index is -1.18. The number of esters is 1. The molecule has 1 fully saturated rings. The van der Waals surface area contributed by atoms with E-state index in [2.05, 4.69) is 18.1 Å². The van der Waals surface area contributed by atoms with Gasteiger partial charge in [0.2, 0.25) is 0 Å². The average molecular weight is 360 g/mol. The summed E-state index contributed by atoms with van der Waals surface area (Å²) in [6.07, 6.45) is 1.62. The van der Waals surface area contributed by atoms with Gasteiger partial charge in [0.05, 0.1) is 0 Å². The van der Waals surface area contributed by atoms with Gasteiger partial charge < -0.3 is 15.4 Å². The van der Waals surface area contributed by atoms with Crippen molar-refractivity contribution in [1.29, 1.82) is 0 Å². The maximum atomic E-state index is 12.8. The third-order valence-electron chi connectivity index (χ3n) is 4.29. The van der Waals surface area contributed by atoms with Gasteiger partial charge in [-0.2, -0.15) is 0 Å². The SMILES string of the molecule is C=C.CC(C)(C)OC(=O)C(N)(CCN1CCC(=O)CC1)c1ccccc1. The number of ether oxygens (including phenoxy) is 1. The maximum Gasteiger partial charge on any atom is 0.331 e. The number of hydrogen-bond donors (Lipinski definition) is 1. The number of Topliss-reactive ketones (excluding diaryl/α,β-unsaturated/α-hetero) is 1. The molecule has 1 saturated heterocycles. The van der Waals surface area contributed by atoms with E-state index in [0.717, 1.165) is 18.7 Å². The van der Waals surface area contributed by atoms with Crippen molar-refractivity contribution >= 4 is 11.8 Å². The molecule has 0 bridgehead atoms. The van der Waals surface area contributed by atoms with Gasteiger partial charge in [-0.1, -0.05) is 30.3 Å². The number of hydrogen-bond acceptors (Lipinski definition) is 5. The molecular weight excluding hydrogens is 328 g/mol. The summed E-state index contributed by atoms with van der Waals surface area (Å²) in [5, 5.41) is 0. The summed E-state index contributed by atoms with van der Waals surface area (Å²) in [7, 11) is 0. The number of likely N-dealkylation sites (tertiary alicyclic amines) is 1. The van der Waals surface area contributed by atoms with Crippen LogP contribution in [0.3, 0.4) is 0 Å². The number of benzene rings is 1. The molecule has 5 heteroatoms. The van der Waals surface area contributed by atoms with E-state index in [1.807, 2.05) is 51.1 Å². The molecule has 26 heavy (non-hydrogen) atoms. The van der Waals surface area contributed by atoms with Gasteiger partial charge in [0, 0.05) is 32.5 Å². The molecule has 1 aromatic rings. The molecule has 0 aliphatic carbocycles. The van der Waals surface area contributed by atoms with Crippen LogP contribution in [0.5, 0.6) is 0 Å². The molecule has 0 amide bonds. The number of piperidine rings is 1. The predicted octanol–water partition coefficient (Wildman–Crippen LogP) is 3.04. The smallest absolute Gasteiger partial charge is 0.331 e. The standard InChI is InChI=1S/C19H28N2O3.C2H4/c1-18(2,3)24-17(23)19(20,15-7-5-4-6-8-15)11-14-21-12-9-16(22)10-13-21;1-2/h4-8H,9-14,20H2,1-3H3;1-2H2. The maximum absolute atomic E-state index is 12.8. The number of carbonyl (C=O) groups excluding carboxylic acids is 2. The number of carbonyl (C=O) groups is 2. The lowest BCUT2D eigenvalue weighted by Gasteiger charge is -2.34. The van der Waals surface area contributed by atoms with Gasteiger partial charge in [0.1, 0.15) is 16.9 Å². The zero-order valence-corrected chi connectivity index (χ0v) is 16.3. The van der Waals surface area contributed by atoms with Crippen molar-refractivity contribution in [1.82, 2.24) is 4.90 Å². The molecule has 1 aromatic carbocycles. The van der Waals surface area contributed by atoms with Gasteiger partial charge in [-0.05, 0) is 32.8 Å². The second-order valence-corrected chi connectivity index (χ2v) is 7.47. The van der Waals surface area contributed by atoms with Crippen molar-refractivity contribution in [2.75, 3.05) is 19.6 Å². The summed E-state index contributed by atoms with van der Waals surface area (Å²) in [5.74, 6) is -0.102. The largest absolute Gasteiger partial charge is 0.458 e. The van der Waals surface area contributed by atoms with Crippen molar-refractivity contribution in [2.24, 2.45) is 5.73 Å². The summed E-state index contributed by atoms with van der Waals surface area (Å²) >= 11 is 0. The fourth-order valence-corrected chi connectivity index (χ4v) is 2.83. The lowest BCUT2D eigenvalue weighted by molar-refractivity contribution is -0.162. The first-order valence-corrected chi connectivity index (χ1v) is 9.03. The Bertz CT molecular complexity index is 585. The van der Waals surface area contributed by atoms with E-state index < -0.39 is 17.1 Å². The van der Waals surface area contributed by atoms with E-state index >= 15 is 0 Å². The highest BCUT2D eigenvalue weighted by molar-refractivity contribution is 5.82. The van der Waals surface area contributed by atoms with Crippen molar-refractivity contribution in [3.63, 3.8) is 0 Å². The Morgan fingerprint density at radius 3 is 2.19 bits per heavy atom. The second-order valence-electron chi connectivity index (χ2n) is 7.47. The molecule has 2 N–H and O–H groups in total. The van der Waals surface area contributed by atoms with E-state index in [0.29, 0.717) is 31.6 Å². The van der Waals surface area contributed by atoms with E-state index in [1.165, 1.54) is 0 Å². The monoisotopic (exact) mass is 360 g/mol. The van der Waals surface area contributed by atoms with Crippen LogP contribution in [0.25, 0.3) is 0 Å². The Morgan fingerprint density at radius 1 is 1.15 bits per heavy atom. The first-order valence-electron chi connectivity index (χ1n) is 9.03. The van der Waals surface area contributed by atoms with Crippen LogP contribution in [0.1, 0.15) is 45.6 Å². The lowest BCUT2D eigenvalue weighted by Crippen LogP contribution is -2.50. The Balaban J connectivity index is 0.00000163. The summed E-state index contributed by atoms with van der Waals surface area (Å²) < 4.78 is 5.58. The van der Waals surface area contributed by atoms with Crippen LogP contribution in [-0.2, 0) is 19.9 Å². The Hall–Kier alpha value is -1.98. The summed E-state index contributed by atoms with van der Waals surface area (Å²) in [6.45, 7) is 13.7. The Kier molecular flexibility index (Phi) is 8.18. The number of nitrogens with zero attached hydrogens (tertiary/aromatic N) is 1. The van der Waals surface area contributed by atoms with Crippen LogP contribution < -0.4 is 5.73 Å².